The van der Waals surface area contributed by atoms with Gasteiger partial charge in [-0.3, -0.25) is 9.78 Å². The van der Waals surface area contributed by atoms with Crippen LogP contribution in [-0.2, 0) is 0 Å². The zero-order valence-corrected chi connectivity index (χ0v) is 11.0. The van der Waals surface area contributed by atoms with E-state index in [0.29, 0.717) is 0 Å². The molecular weight excluding hydrogens is 267 g/mol. The SMILES string of the molecule is C[C@@H](NC(=O)c1ccc(F)cc1Cl)c1ccncc1. The van der Waals surface area contributed by atoms with E-state index in [1.165, 1.54) is 12.1 Å². The van der Waals surface area contributed by atoms with E-state index < -0.39 is 5.82 Å². The quantitative estimate of drug-likeness (QED) is 0.935. The highest BCUT2D eigenvalue weighted by molar-refractivity contribution is 6.33. The number of hydrogen-bond acceptors (Lipinski definition) is 2. The minimum Gasteiger partial charge on any atom is -0.345 e. The van der Waals surface area contributed by atoms with Crippen molar-refractivity contribution in [2.75, 3.05) is 0 Å². The van der Waals surface area contributed by atoms with Crippen LogP contribution in [0.1, 0.15) is 28.9 Å². The van der Waals surface area contributed by atoms with Crippen molar-refractivity contribution in [2.24, 2.45) is 0 Å². The van der Waals surface area contributed by atoms with E-state index in [9.17, 15) is 9.18 Å². The first-order valence-corrected chi connectivity index (χ1v) is 6.11. The number of carbonyl (C=O) groups is 1. The average Bonchev–Trinajstić information content (AvgIpc) is 2.39. The van der Waals surface area contributed by atoms with E-state index in [1.807, 2.05) is 19.1 Å². The van der Waals surface area contributed by atoms with E-state index in [-0.39, 0.29) is 22.5 Å². The second-order valence-corrected chi connectivity index (χ2v) is 4.51. The summed E-state index contributed by atoms with van der Waals surface area (Å²) in [5.41, 5.74) is 1.19. The van der Waals surface area contributed by atoms with Gasteiger partial charge < -0.3 is 5.32 Å². The molecule has 5 heteroatoms. The maximum absolute atomic E-state index is 12.9. The van der Waals surface area contributed by atoms with Gasteiger partial charge in [-0.1, -0.05) is 11.6 Å². The monoisotopic (exact) mass is 278 g/mol. The normalized spacial score (nSPS) is 11.9. The molecule has 0 aliphatic carbocycles. The molecule has 2 aromatic rings. The van der Waals surface area contributed by atoms with Crippen molar-refractivity contribution in [3.8, 4) is 0 Å². The van der Waals surface area contributed by atoms with Crippen LogP contribution in [0.5, 0.6) is 0 Å². The number of benzene rings is 1. The maximum Gasteiger partial charge on any atom is 0.253 e. The molecule has 1 aromatic carbocycles. The van der Waals surface area contributed by atoms with Crippen molar-refractivity contribution in [1.29, 1.82) is 0 Å². The summed E-state index contributed by atoms with van der Waals surface area (Å²) in [6, 6.07) is 7.14. The number of aromatic nitrogens is 1. The van der Waals surface area contributed by atoms with Crippen molar-refractivity contribution in [3.63, 3.8) is 0 Å². The molecule has 0 radical (unpaired) electrons. The highest BCUT2D eigenvalue weighted by Gasteiger charge is 2.14. The first-order valence-electron chi connectivity index (χ1n) is 5.74. The van der Waals surface area contributed by atoms with Crippen LogP contribution in [0.3, 0.4) is 0 Å². The molecule has 0 aliphatic rings. The van der Waals surface area contributed by atoms with Crippen LogP contribution in [0.15, 0.2) is 42.7 Å². The second kappa shape index (κ2) is 5.80. The summed E-state index contributed by atoms with van der Waals surface area (Å²) < 4.78 is 12.9. The lowest BCUT2D eigenvalue weighted by Gasteiger charge is -2.14. The Bertz CT molecular complexity index is 589. The summed E-state index contributed by atoms with van der Waals surface area (Å²) >= 11 is 5.84. The molecule has 1 aromatic heterocycles. The van der Waals surface area contributed by atoms with Gasteiger partial charge in [0.2, 0.25) is 0 Å². The van der Waals surface area contributed by atoms with Crippen LogP contribution < -0.4 is 5.32 Å². The molecule has 1 heterocycles. The first-order chi connectivity index (χ1) is 9.08. The molecule has 98 valence electrons. The van der Waals surface area contributed by atoms with Crippen LogP contribution in [-0.4, -0.2) is 10.9 Å². The Morgan fingerprint density at radius 3 is 2.63 bits per heavy atom. The Morgan fingerprint density at radius 2 is 2.00 bits per heavy atom. The summed E-state index contributed by atoms with van der Waals surface area (Å²) in [4.78, 5) is 15.9. The number of halogens is 2. The van der Waals surface area contributed by atoms with E-state index in [4.69, 9.17) is 11.6 Å². The van der Waals surface area contributed by atoms with Crippen molar-refractivity contribution in [3.05, 3.63) is 64.7 Å². The van der Waals surface area contributed by atoms with Crippen LogP contribution in [0.2, 0.25) is 5.02 Å². The summed E-state index contributed by atoms with van der Waals surface area (Å²) in [7, 11) is 0. The lowest BCUT2D eigenvalue weighted by molar-refractivity contribution is 0.0940. The van der Waals surface area contributed by atoms with Gasteiger partial charge in [0.25, 0.3) is 5.91 Å². The van der Waals surface area contributed by atoms with E-state index in [1.54, 1.807) is 12.4 Å². The van der Waals surface area contributed by atoms with Crippen LogP contribution >= 0.6 is 11.6 Å². The number of nitrogens with one attached hydrogen (secondary N) is 1. The zero-order valence-electron chi connectivity index (χ0n) is 10.2. The summed E-state index contributed by atoms with van der Waals surface area (Å²) in [5.74, 6) is -0.807. The van der Waals surface area contributed by atoms with Gasteiger partial charge in [-0.05, 0) is 42.8 Å². The molecule has 0 unspecified atom stereocenters. The zero-order chi connectivity index (χ0) is 13.8. The third-order valence-corrected chi connectivity index (χ3v) is 3.04. The topological polar surface area (TPSA) is 42.0 Å². The molecule has 0 fully saturated rings. The molecule has 0 saturated carbocycles. The van der Waals surface area contributed by atoms with Crippen LogP contribution in [0.4, 0.5) is 4.39 Å². The van der Waals surface area contributed by atoms with Gasteiger partial charge in [0, 0.05) is 12.4 Å². The van der Waals surface area contributed by atoms with Crippen LogP contribution in [0, 0.1) is 5.82 Å². The number of rotatable bonds is 3. The van der Waals surface area contributed by atoms with Gasteiger partial charge in [0.05, 0.1) is 16.6 Å². The van der Waals surface area contributed by atoms with Gasteiger partial charge in [0.1, 0.15) is 5.82 Å². The predicted octanol–water partition coefficient (Wildman–Crippen LogP) is 3.37. The molecule has 1 amide bonds. The van der Waals surface area contributed by atoms with Crippen LogP contribution in [0.25, 0.3) is 0 Å². The molecule has 0 bridgehead atoms. The standard InChI is InChI=1S/C14H12ClFN2O/c1-9(10-4-6-17-7-5-10)18-14(19)12-3-2-11(16)8-13(12)15/h2-9H,1H3,(H,18,19)/t9-/m1/s1. The number of carbonyl (C=O) groups excluding carboxylic acids is 1. The lowest BCUT2D eigenvalue weighted by Crippen LogP contribution is -2.26. The number of hydrogen-bond donors (Lipinski definition) is 1. The van der Waals surface area contributed by atoms with Gasteiger partial charge in [0.15, 0.2) is 0 Å². The van der Waals surface area contributed by atoms with Gasteiger partial charge >= 0.3 is 0 Å². The Kier molecular flexibility index (Phi) is 4.12. The highest BCUT2D eigenvalue weighted by Crippen LogP contribution is 2.18. The Labute approximate surface area is 115 Å². The third kappa shape index (κ3) is 3.29. The number of pyridine rings is 1. The van der Waals surface area contributed by atoms with Gasteiger partial charge in [-0.25, -0.2) is 4.39 Å². The predicted molar refractivity (Wildman–Crippen MR) is 71.5 cm³/mol. The lowest BCUT2D eigenvalue weighted by atomic mass is 10.1. The fourth-order valence-corrected chi connectivity index (χ4v) is 1.94. The summed E-state index contributed by atoms with van der Waals surface area (Å²) in [5, 5.41) is 2.90. The van der Waals surface area contributed by atoms with E-state index in [2.05, 4.69) is 10.3 Å². The molecule has 1 N–H and O–H groups in total. The minimum absolute atomic E-state index is 0.0967. The van der Waals surface area contributed by atoms with Crippen molar-refractivity contribution in [1.82, 2.24) is 10.3 Å². The number of nitrogens with zero attached hydrogens (tertiary/aromatic N) is 1. The molecule has 0 aliphatic heterocycles. The molecule has 19 heavy (non-hydrogen) atoms. The molecular formula is C14H12ClFN2O. The van der Waals surface area contributed by atoms with Crippen molar-refractivity contribution >= 4 is 17.5 Å². The van der Waals surface area contributed by atoms with E-state index >= 15 is 0 Å². The third-order valence-electron chi connectivity index (χ3n) is 2.73. The summed E-state index contributed by atoms with van der Waals surface area (Å²) in [6.07, 6.45) is 3.31. The largest absolute Gasteiger partial charge is 0.345 e. The summed E-state index contributed by atoms with van der Waals surface area (Å²) in [6.45, 7) is 1.85. The highest BCUT2D eigenvalue weighted by atomic mass is 35.5. The maximum atomic E-state index is 12.9. The first kappa shape index (κ1) is 13.5. The molecule has 1 atom stereocenters. The van der Waals surface area contributed by atoms with Crippen molar-refractivity contribution in [2.45, 2.75) is 13.0 Å². The minimum atomic E-state index is -0.469. The van der Waals surface area contributed by atoms with Gasteiger partial charge in [-0.15, -0.1) is 0 Å². The Hall–Kier alpha value is -1.94. The molecule has 2 rings (SSSR count). The molecule has 3 nitrogen and oxygen atoms in total. The van der Waals surface area contributed by atoms with E-state index in [0.717, 1.165) is 11.6 Å². The molecule has 0 spiro atoms. The smallest absolute Gasteiger partial charge is 0.253 e. The fourth-order valence-electron chi connectivity index (χ4n) is 1.68. The Morgan fingerprint density at radius 1 is 1.32 bits per heavy atom. The number of amides is 1. The fraction of sp³-hybridized carbons (Fsp3) is 0.143. The van der Waals surface area contributed by atoms with Gasteiger partial charge in [-0.2, -0.15) is 0 Å². The second-order valence-electron chi connectivity index (χ2n) is 4.10. The Balaban J connectivity index is 2.13. The average molecular weight is 279 g/mol. The van der Waals surface area contributed by atoms with Crippen molar-refractivity contribution < 1.29 is 9.18 Å². The molecule has 0 saturated heterocycles.